The molecule has 1 unspecified atom stereocenters. The summed E-state index contributed by atoms with van der Waals surface area (Å²) in [6.45, 7) is 13.1. The van der Waals surface area contributed by atoms with E-state index < -0.39 is 6.10 Å². The Hall–Kier alpha value is -0.860. The highest BCUT2D eigenvalue weighted by molar-refractivity contribution is 5.40. The molecule has 0 amide bonds. The number of hydrogen-bond donors (Lipinski definition) is 2. The SMILES string of the molecule is CC(C)(C)c1ccc(C(O)CCO)c(C(C)(C)C)c1. The molecule has 0 aliphatic heterocycles. The zero-order valence-electron chi connectivity index (χ0n) is 13.1. The number of aliphatic hydroxyl groups is 2. The van der Waals surface area contributed by atoms with E-state index in [0.717, 1.165) is 5.56 Å². The van der Waals surface area contributed by atoms with Crippen LogP contribution < -0.4 is 0 Å². The smallest absolute Gasteiger partial charge is 0.0814 e. The van der Waals surface area contributed by atoms with E-state index in [1.54, 1.807) is 0 Å². The average Bonchev–Trinajstić information content (AvgIpc) is 2.26. The maximum atomic E-state index is 10.2. The molecule has 0 aromatic heterocycles. The zero-order valence-corrected chi connectivity index (χ0v) is 13.1. The Kier molecular flexibility index (Phi) is 4.81. The fraction of sp³-hybridized carbons (Fsp3) is 0.647. The molecule has 0 saturated carbocycles. The molecule has 2 N–H and O–H groups in total. The number of rotatable bonds is 3. The molecule has 1 rings (SSSR count). The standard InChI is InChI=1S/C17H28O2/c1-16(2,3)12-7-8-13(15(19)9-10-18)14(11-12)17(4,5)6/h7-8,11,15,18-19H,9-10H2,1-6H3. The van der Waals surface area contributed by atoms with Gasteiger partial charge in [-0.25, -0.2) is 0 Å². The topological polar surface area (TPSA) is 40.5 Å². The summed E-state index contributed by atoms with van der Waals surface area (Å²) in [6, 6.07) is 6.31. The van der Waals surface area contributed by atoms with Gasteiger partial charge >= 0.3 is 0 Å². The van der Waals surface area contributed by atoms with E-state index in [1.165, 1.54) is 11.1 Å². The minimum atomic E-state index is -0.590. The second-order valence-electron chi connectivity index (χ2n) is 7.33. The molecular formula is C17H28O2. The van der Waals surface area contributed by atoms with Crippen molar-refractivity contribution in [2.24, 2.45) is 0 Å². The van der Waals surface area contributed by atoms with E-state index in [0.29, 0.717) is 6.42 Å². The van der Waals surface area contributed by atoms with Gasteiger partial charge in [-0.3, -0.25) is 0 Å². The van der Waals surface area contributed by atoms with Crippen molar-refractivity contribution in [3.63, 3.8) is 0 Å². The van der Waals surface area contributed by atoms with Gasteiger partial charge in [-0.1, -0.05) is 59.7 Å². The first kappa shape index (κ1) is 16.2. The van der Waals surface area contributed by atoms with Gasteiger partial charge in [0.2, 0.25) is 0 Å². The number of hydrogen-bond acceptors (Lipinski definition) is 2. The molecule has 0 aliphatic carbocycles. The monoisotopic (exact) mass is 264 g/mol. The quantitative estimate of drug-likeness (QED) is 0.874. The lowest BCUT2D eigenvalue weighted by Gasteiger charge is -2.29. The Morgan fingerprint density at radius 3 is 2.00 bits per heavy atom. The van der Waals surface area contributed by atoms with Gasteiger partial charge in [-0.05, 0) is 27.5 Å². The van der Waals surface area contributed by atoms with E-state index in [4.69, 9.17) is 5.11 Å². The molecule has 19 heavy (non-hydrogen) atoms. The molecule has 0 spiro atoms. The van der Waals surface area contributed by atoms with Gasteiger partial charge < -0.3 is 10.2 Å². The summed E-state index contributed by atoms with van der Waals surface area (Å²) in [6.07, 6.45) is -0.203. The normalized spacial score (nSPS) is 14.5. The van der Waals surface area contributed by atoms with Crippen LogP contribution in [0.3, 0.4) is 0 Å². The highest BCUT2D eigenvalue weighted by atomic mass is 16.3. The lowest BCUT2D eigenvalue weighted by atomic mass is 9.77. The Morgan fingerprint density at radius 1 is 1.00 bits per heavy atom. The van der Waals surface area contributed by atoms with Gasteiger partial charge in [0.1, 0.15) is 0 Å². The molecule has 0 bridgehead atoms. The molecule has 1 aromatic rings. The van der Waals surface area contributed by atoms with Gasteiger partial charge in [0.15, 0.2) is 0 Å². The van der Waals surface area contributed by atoms with Crippen molar-refractivity contribution >= 4 is 0 Å². The van der Waals surface area contributed by atoms with Crippen LogP contribution in [0.15, 0.2) is 18.2 Å². The van der Waals surface area contributed by atoms with Crippen molar-refractivity contribution < 1.29 is 10.2 Å². The second kappa shape index (κ2) is 5.64. The molecule has 0 saturated heterocycles. The molecule has 0 radical (unpaired) electrons. The van der Waals surface area contributed by atoms with Crippen LogP contribution in [0.25, 0.3) is 0 Å². The Morgan fingerprint density at radius 2 is 1.58 bits per heavy atom. The Bertz CT molecular complexity index is 422. The lowest BCUT2D eigenvalue weighted by molar-refractivity contribution is 0.132. The van der Waals surface area contributed by atoms with Crippen molar-refractivity contribution in [1.82, 2.24) is 0 Å². The molecule has 1 atom stereocenters. The van der Waals surface area contributed by atoms with Crippen LogP contribution in [-0.4, -0.2) is 16.8 Å². The van der Waals surface area contributed by atoms with Gasteiger partial charge in [-0.15, -0.1) is 0 Å². The summed E-state index contributed by atoms with van der Waals surface area (Å²) in [5, 5.41) is 19.2. The van der Waals surface area contributed by atoms with Gasteiger partial charge in [0, 0.05) is 13.0 Å². The molecule has 1 aromatic carbocycles. The van der Waals surface area contributed by atoms with Crippen molar-refractivity contribution in [2.75, 3.05) is 6.61 Å². The fourth-order valence-corrected chi connectivity index (χ4v) is 2.24. The van der Waals surface area contributed by atoms with Crippen LogP contribution in [0.1, 0.15) is 70.8 Å². The Balaban J connectivity index is 3.33. The van der Waals surface area contributed by atoms with Crippen LogP contribution in [0, 0.1) is 0 Å². The largest absolute Gasteiger partial charge is 0.396 e. The average molecular weight is 264 g/mol. The van der Waals surface area contributed by atoms with Crippen molar-refractivity contribution in [2.45, 2.75) is 64.9 Å². The summed E-state index contributed by atoms with van der Waals surface area (Å²) in [4.78, 5) is 0. The number of benzene rings is 1. The molecular weight excluding hydrogens is 236 g/mol. The summed E-state index contributed by atoms with van der Waals surface area (Å²) < 4.78 is 0. The van der Waals surface area contributed by atoms with Crippen LogP contribution in [0.2, 0.25) is 0 Å². The third-order valence-corrected chi connectivity index (χ3v) is 3.49. The predicted molar refractivity (Wildman–Crippen MR) is 80.5 cm³/mol. The van der Waals surface area contributed by atoms with E-state index in [-0.39, 0.29) is 17.4 Å². The van der Waals surface area contributed by atoms with Crippen LogP contribution in [0.4, 0.5) is 0 Å². The lowest BCUT2D eigenvalue weighted by Crippen LogP contribution is -2.20. The first-order valence-corrected chi connectivity index (χ1v) is 7.01. The van der Waals surface area contributed by atoms with Crippen molar-refractivity contribution in [1.29, 1.82) is 0 Å². The predicted octanol–water partition coefficient (Wildman–Crippen LogP) is 3.70. The van der Waals surface area contributed by atoms with E-state index in [1.807, 2.05) is 6.07 Å². The molecule has 2 nitrogen and oxygen atoms in total. The third kappa shape index (κ3) is 4.05. The van der Waals surface area contributed by atoms with Gasteiger partial charge in [-0.2, -0.15) is 0 Å². The zero-order chi connectivity index (χ0) is 14.8. The maximum Gasteiger partial charge on any atom is 0.0814 e. The second-order valence-corrected chi connectivity index (χ2v) is 7.33. The van der Waals surface area contributed by atoms with Crippen molar-refractivity contribution in [3.05, 3.63) is 34.9 Å². The third-order valence-electron chi connectivity index (χ3n) is 3.49. The molecule has 0 aliphatic rings. The van der Waals surface area contributed by atoms with Crippen LogP contribution >= 0.6 is 0 Å². The molecule has 108 valence electrons. The Labute approximate surface area is 117 Å². The van der Waals surface area contributed by atoms with Crippen LogP contribution in [0.5, 0.6) is 0 Å². The van der Waals surface area contributed by atoms with E-state index in [2.05, 4.69) is 53.7 Å². The van der Waals surface area contributed by atoms with Gasteiger partial charge in [0.25, 0.3) is 0 Å². The minimum absolute atomic E-state index is 0.00573. The summed E-state index contributed by atoms with van der Waals surface area (Å²) >= 11 is 0. The maximum absolute atomic E-state index is 10.2. The van der Waals surface area contributed by atoms with E-state index >= 15 is 0 Å². The van der Waals surface area contributed by atoms with Crippen molar-refractivity contribution in [3.8, 4) is 0 Å². The molecule has 0 heterocycles. The van der Waals surface area contributed by atoms with E-state index in [9.17, 15) is 5.11 Å². The summed E-state index contributed by atoms with van der Waals surface area (Å²) in [7, 11) is 0. The first-order valence-electron chi connectivity index (χ1n) is 7.01. The highest BCUT2D eigenvalue weighted by Crippen LogP contribution is 2.34. The molecule has 0 fully saturated rings. The van der Waals surface area contributed by atoms with Crippen LogP contribution in [-0.2, 0) is 10.8 Å². The molecule has 2 heteroatoms. The minimum Gasteiger partial charge on any atom is -0.396 e. The fourth-order valence-electron chi connectivity index (χ4n) is 2.24. The van der Waals surface area contributed by atoms with Gasteiger partial charge in [0.05, 0.1) is 6.10 Å². The summed E-state index contributed by atoms with van der Waals surface area (Å²) in [5.41, 5.74) is 3.46. The number of aliphatic hydroxyl groups excluding tert-OH is 2. The highest BCUT2D eigenvalue weighted by Gasteiger charge is 2.24. The summed E-state index contributed by atoms with van der Waals surface area (Å²) in [5.74, 6) is 0. The first-order chi connectivity index (χ1) is 8.57.